The Morgan fingerprint density at radius 1 is 1.28 bits per heavy atom. The summed E-state index contributed by atoms with van der Waals surface area (Å²) in [4.78, 5) is 26.8. The molecule has 0 bridgehead atoms. The first kappa shape index (κ1) is 16.9. The van der Waals surface area contributed by atoms with E-state index in [1.54, 1.807) is 19.4 Å². The largest absolute Gasteiger partial charge is 0.497 e. The Kier molecular flexibility index (Phi) is 4.63. The molecule has 1 aromatic heterocycles. The summed E-state index contributed by atoms with van der Waals surface area (Å²) in [5.41, 5.74) is 1.58. The fraction of sp³-hybridized carbons (Fsp3) is 0.111. The highest BCUT2D eigenvalue weighted by atomic mass is 35.5. The molecule has 0 spiro atoms. The van der Waals surface area contributed by atoms with E-state index in [2.05, 4.69) is 10.3 Å². The molecule has 6 nitrogen and oxygen atoms in total. The minimum absolute atomic E-state index is 0.0196. The van der Waals surface area contributed by atoms with Crippen molar-refractivity contribution in [1.82, 2.24) is 10.3 Å². The van der Waals surface area contributed by atoms with Crippen LogP contribution in [0, 0.1) is 0 Å². The molecule has 3 N–H and O–H groups in total. The first-order chi connectivity index (χ1) is 12.0. The van der Waals surface area contributed by atoms with Crippen molar-refractivity contribution in [3.8, 4) is 5.75 Å². The number of methoxy groups -OCH3 is 1. The molecule has 1 heterocycles. The highest BCUT2D eigenvalue weighted by Gasteiger charge is 2.20. The molecule has 3 rings (SSSR count). The number of benzene rings is 2. The highest BCUT2D eigenvalue weighted by Crippen LogP contribution is 2.29. The fourth-order valence-electron chi connectivity index (χ4n) is 2.66. The summed E-state index contributed by atoms with van der Waals surface area (Å²) < 4.78 is 5.15. The number of carboxylic acid groups (broad SMARTS) is 1. The van der Waals surface area contributed by atoms with E-state index in [-0.39, 0.29) is 22.1 Å². The second-order valence-electron chi connectivity index (χ2n) is 5.39. The molecule has 3 aromatic rings. The van der Waals surface area contributed by atoms with Gasteiger partial charge in [0.15, 0.2) is 0 Å². The van der Waals surface area contributed by atoms with Gasteiger partial charge in [-0.1, -0.05) is 23.7 Å². The number of carboxylic acids is 1. The summed E-state index contributed by atoms with van der Waals surface area (Å²) in [6.07, 6.45) is 1.58. The van der Waals surface area contributed by atoms with E-state index in [1.165, 1.54) is 6.07 Å². The summed E-state index contributed by atoms with van der Waals surface area (Å²) in [6, 6.07) is 10.3. The number of hydrogen-bond donors (Lipinski definition) is 3. The molecule has 0 saturated carbocycles. The summed E-state index contributed by atoms with van der Waals surface area (Å²) in [6.45, 7) is 0.302. The number of aromatic nitrogens is 1. The van der Waals surface area contributed by atoms with Gasteiger partial charge in [0, 0.05) is 18.1 Å². The fourth-order valence-corrected chi connectivity index (χ4v) is 2.95. The van der Waals surface area contributed by atoms with E-state index in [0.717, 1.165) is 5.56 Å². The van der Waals surface area contributed by atoms with E-state index < -0.39 is 5.97 Å². The van der Waals surface area contributed by atoms with Crippen LogP contribution in [0.3, 0.4) is 0 Å². The van der Waals surface area contributed by atoms with E-state index in [0.29, 0.717) is 23.2 Å². The molecule has 0 aliphatic rings. The van der Waals surface area contributed by atoms with Crippen LogP contribution in [0.2, 0.25) is 5.02 Å². The van der Waals surface area contributed by atoms with Crippen molar-refractivity contribution in [3.63, 3.8) is 0 Å². The van der Waals surface area contributed by atoms with Crippen LogP contribution in [0.15, 0.2) is 42.6 Å². The van der Waals surface area contributed by atoms with Gasteiger partial charge in [0.1, 0.15) is 5.75 Å². The zero-order valence-electron chi connectivity index (χ0n) is 13.3. The van der Waals surface area contributed by atoms with Crippen LogP contribution in [0.25, 0.3) is 10.9 Å². The van der Waals surface area contributed by atoms with Gasteiger partial charge in [-0.25, -0.2) is 4.79 Å². The van der Waals surface area contributed by atoms with Gasteiger partial charge in [-0.05, 0) is 29.8 Å². The van der Waals surface area contributed by atoms with Gasteiger partial charge in [0.2, 0.25) is 0 Å². The minimum atomic E-state index is -1.14. The lowest BCUT2D eigenvalue weighted by molar-refractivity contribution is 0.0698. The molecule has 0 aliphatic carbocycles. The third-order valence-electron chi connectivity index (χ3n) is 3.84. The first-order valence-electron chi connectivity index (χ1n) is 7.45. The van der Waals surface area contributed by atoms with Crippen molar-refractivity contribution in [3.05, 3.63) is 64.3 Å². The topological polar surface area (TPSA) is 91.4 Å². The lowest BCUT2D eigenvalue weighted by Crippen LogP contribution is -2.23. The Hall–Kier alpha value is -2.99. The predicted molar refractivity (Wildman–Crippen MR) is 94.4 cm³/mol. The lowest BCUT2D eigenvalue weighted by atomic mass is 10.0. The highest BCUT2D eigenvalue weighted by molar-refractivity contribution is 6.36. The second-order valence-corrected chi connectivity index (χ2v) is 5.79. The van der Waals surface area contributed by atoms with Crippen molar-refractivity contribution in [2.45, 2.75) is 6.54 Å². The van der Waals surface area contributed by atoms with Crippen LogP contribution in [-0.4, -0.2) is 29.1 Å². The van der Waals surface area contributed by atoms with Gasteiger partial charge in [0.25, 0.3) is 5.91 Å². The summed E-state index contributed by atoms with van der Waals surface area (Å²) in [5.74, 6) is -0.792. The molecular formula is C18H15ClN2O4. The van der Waals surface area contributed by atoms with Gasteiger partial charge in [-0.3, -0.25) is 4.79 Å². The van der Waals surface area contributed by atoms with Gasteiger partial charge in [-0.2, -0.15) is 0 Å². The third-order valence-corrected chi connectivity index (χ3v) is 4.14. The molecule has 128 valence electrons. The van der Waals surface area contributed by atoms with Gasteiger partial charge >= 0.3 is 5.97 Å². The number of hydrogen-bond acceptors (Lipinski definition) is 3. The smallest absolute Gasteiger partial charge is 0.337 e. The van der Waals surface area contributed by atoms with Crippen molar-refractivity contribution >= 4 is 34.4 Å². The van der Waals surface area contributed by atoms with E-state index in [1.807, 2.05) is 24.3 Å². The molecule has 2 aromatic carbocycles. The number of halogens is 1. The third kappa shape index (κ3) is 3.29. The molecular weight excluding hydrogens is 344 g/mol. The van der Waals surface area contributed by atoms with Crippen molar-refractivity contribution in [2.75, 3.05) is 7.11 Å². The van der Waals surface area contributed by atoms with Crippen LogP contribution in [0.1, 0.15) is 26.3 Å². The zero-order chi connectivity index (χ0) is 18.0. The number of carbonyl (C=O) groups is 2. The Morgan fingerprint density at radius 3 is 2.80 bits per heavy atom. The monoisotopic (exact) mass is 358 g/mol. The normalized spacial score (nSPS) is 10.6. The number of rotatable bonds is 5. The molecule has 0 fully saturated rings. The molecule has 0 atom stereocenters. The van der Waals surface area contributed by atoms with E-state index in [9.17, 15) is 14.7 Å². The van der Waals surface area contributed by atoms with Crippen molar-refractivity contribution < 1.29 is 19.4 Å². The molecule has 0 unspecified atom stereocenters. The number of carbonyl (C=O) groups excluding carboxylic acids is 1. The molecule has 0 radical (unpaired) electrons. The summed E-state index contributed by atoms with van der Waals surface area (Å²) >= 11 is 6.07. The van der Waals surface area contributed by atoms with E-state index >= 15 is 0 Å². The van der Waals surface area contributed by atoms with Crippen LogP contribution in [-0.2, 0) is 6.54 Å². The Balaban J connectivity index is 1.89. The SMILES string of the molecule is COc1cccc(CNC(=O)c2cc(Cl)c(C(=O)O)c3cc[nH]c23)c1. The van der Waals surface area contributed by atoms with E-state index in [4.69, 9.17) is 16.3 Å². The molecule has 1 amide bonds. The predicted octanol–water partition coefficient (Wildman–Crippen LogP) is 3.46. The summed E-state index contributed by atoms with van der Waals surface area (Å²) in [7, 11) is 1.58. The maximum atomic E-state index is 12.5. The minimum Gasteiger partial charge on any atom is -0.497 e. The first-order valence-corrected chi connectivity index (χ1v) is 7.83. The van der Waals surface area contributed by atoms with Gasteiger partial charge in [-0.15, -0.1) is 0 Å². The molecule has 25 heavy (non-hydrogen) atoms. The Bertz CT molecular complexity index is 965. The molecule has 7 heteroatoms. The molecule has 0 saturated heterocycles. The molecule has 0 aliphatic heterocycles. The van der Waals surface area contributed by atoms with Crippen LogP contribution >= 0.6 is 11.6 Å². The standard InChI is InChI=1S/C18H15ClN2O4/c1-25-11-4-2-3-10(7-11)9-21-17(22)13-8-14(19)15(18(23)24)12-5-6-20-16(12)13/h2-8,20H,9H2,1H3,(H,21,22)(H,23,24). The number of fused-ring (bicyclic) bond motifs is 1. The maximum absolute atomic E-state index is 12.5. The second kappa shape index (κ2) is 6.86. The van der Waals surface area contributed by atoms with Crippen LogP contribution < -0.4 is 10.1 Å². The van der Waals surface area contributed by atoms with Crippen molar-refractivity contribution in [2.24, 2.45) is 0 Å². The Labute approximate surface area is 148 Å². The zero-order valence-corrected chi connectivity index (χ0v) is 14.1. The van der Waals surface area contributed by atoms with Crippen LogP contribution in [0.5, 0.6) is 5.75 Å². The van der Waals surface area contributed by atoms with Gasteiger partial charge in [0.05, 0.1) is 28.8 Å². The number of amides is 1. The number of aromatic amines is 1. The number of aromatic carboxylic acids is 1. The summed E-state index contributed by atoms with van der Waals surface area (Å²) in [5, 5.41) is 12.5. The lowest BCUT2D eigenvalue weighted by Gasteiger charge is -2.10. The van der Waals surface area contributed by atoms with Crippen LogP contribution in [0.4, 0.5) is 0 Å². The quantitative estimate of drug-likeness (QED) is 0.651. The Morgan fingerprint density at radius 2 is 2.08 bits per heavy atom. The number of H-pyrrole nitrogens is 1. The average molecular weight is 359 g/mol. The number of nitrogens with one attached hydrogen (secondary N) is 2. The average Bonchev–Trinajstić information content (AvgIpc) is 3.07. The number of ether oxygens (including phenoxy) is 1. The maximum Gasteiger partial charge on any atom is 0.337 e. The van der Waals surface area contributed by atoms with Crippen molar-refractivity contribution in [1.29, 1.82) is 0 Å². The van der Waals surface area contributed by atoms with Gasteiger partial charge < -0.3 is 20.1 Å².